The number of benzene rings is 3. The number of rotatable bonds is 4. The fraction of sp³-hybridized carbons (Fsp3) is 0.182. The van der Waals surface area contributed by atoms with Crippen molar-refractivity contribution in [2.75, 3.05) is 7.05 Å². The Labute approximate surface area is 159 Å². The molecule has 0 saturated heterocycles. The summed E-state index contributed by atoms with van der Waals surface area (Å²) < 4.78 is 15.8. The average molecular weight is 382 g/mol. The Morgan fingerprint density at radius 2 is 1.31 bits per heavy atom. The molecular formula is C22H21ClNOP. The molecule has 3 aromatic rings. The second kappa shape index (κ2) is 6.70. The van der Waals surface area contributed by atoms with E-state index in [2.05, 4.69) is 43.3 Å². The van der Waals surface area contributed by atoms with Crippen molar-refractivity contribution in [2.45, 2.75) is 18.6 Å². The fourth-order valence-corrected chi connectivity index (χ4v) is 6.97. The van der Waals surface area contributed by atoms with E-state index in [1.165, 1.54) is 0 Å². The van der Waals surface area contributed by atoms with Gasteiger partial charge in [0.25, 0.3) is 0 Å². The van der Waals surface area contributed by atoms with Gasteiger partial charge in [0, 0.05) is 6.04 Å². The van der Waals surface area contributed by atoms with Crippen LogP contribution in [0.25, 0.3) is 11.1 Å². The number of nitrogens with zero attached hydrogens (tertiary/aromatic N) is 1. The molecule has 132 valence electrons. The maximum atomic E-state index is 13.9. The molecule has 1 aliphatic carbocycles. The van der Waals surface area contributed by atoms with E-state index >= 15 is 0 Å². The Kier molecular flexibility index (Phi) is 4.52. The van der Waals surface area contributed by atoms with Crippen molar-refractivity contribution in [1.82, 2.24) is 4.67 Å². The molecular weight excluding hydrogens is 361 g/mol. The molecule has 3 aromatic carbocycles. The molecule has 26 heavy (non-hydrogen) atoms. The van der Waals surface area contributed by atoms with E-state index in [0.29, 0.717) is 0 Å². The molecule has 0 aliphatic heterocycles. The lowest BCUT2D eigenvalue weighted by molar-refractivity contribution is 0.402. The van der Waals surface area contributed by atoms with Crippen molar-refractivity contribution >= 4 is 17.9 Å². The van der Waals surface area contributed by atoms with Gasteiger partial charge in [0.05, 0.1) is 5.66 Å². The number of fused-ring (bicyclic) bond motifs is 3. The van der Waals surface area contributed by atoms with Gasteiger partial charge < -0.3 is 0 Å². The molecule has 2 nitrogen and oxygen atoms in total. The Morgan fingerprint density at radius 1 is 0.846 bits per heavy atom. The van der Waals surface area contributed by atoms with E-state index in [0.717, 1.165) is 27.8 Å². The van der Waals surface area contributed by atoms with Crippen LogP contribution >= 0.6 is 17.9 Å². The zero-order valence-electron chi connectivity index (χ0n) is 14.8. The van der Waals surface area contributed by atoms with Gasteiger partial charge in [-0.2, -0.15) is 0 Å². The van der Waals surface area contributed by atoms with Crippen LogP contribution in [0.1, 0.15) is 35.3 Å². The minimum atomic E-state index is -3.21. The molecule has 0 amide bonds. The van der Waals surface area contributed by atoms with Crippen molar-refractivity contribution in [3.63, 3.8) is 0 Å². The van der Waals surface area contributed by atoms with Crippen LogP contribution < -0.4 is 0 Å². The fourth-order valence-electron chi connectivity index (χ4n) is 3.84. The topological polar surface area (TPSA) is 20.3 Å². The summed E-state index contributed by atoms with van der Waals surface area (Å²) in [5, 5.41) is 0. The normalized spacial score (nSPS) is 16.8. The molecule has 0 fully saturated rings. The van der Waals surface area contributed by atoms with Gasteiger partial charge in [-0.3, -0.25) is 4.57 Å². The first-order chi connectivity index (χ1) is 12.5. The molecule has 4 heteroatoms. The Bertz CT molecular complexity index is 943. The van der Waals surface area contributed by atoms with Gasteiger partial charge >= 0.3 is 0 Å². The Balaban J connectivity index is 1.80. The highest BCUT2D eigenvalue weighted by Gasteiger charge is 2.44. The van der Waals surface area contributed by atoms with Gasteiger partial charge in [-0.1, -0.05) is 78.9 Å². The second-order valence-corrected chi connectivity index (χ2v) is 10.5. The highest BCUT2D eigenvalue weighted by atomic mass is 35.7. The monoisotopic (exact) mass is 381 g/mol. The molecule has 0 aromatic heterocycles. The first kappa shape index (κ1) is 17.5. The molecule has 4 rings (SSSR count). The van der Waals surface area contributed by atoms with Crippen molar-refractivity contribution in [2.24, 2.45) is 0 Å². The number of hydrogen-bond donors (Lipinski definition) is 0. The zero-order valence-corrected chi connectivity index (χ0v) is 16.5. The summed E-state index contributed by atoms with van der Waals surface area (Å²) in [5.74, 6) is 0. The van der Waals surface area contributed by atoms with Crippen LogP contribution in [-0.4, -0.2) is 11.7 Å². The van der Waals surface area contributed by atoms with Gasteiger partial charge in [0.2, 0.25) is 6.65 Å². The van der Waals surface area contributed by atoms with Crippen LogP contribution in [0, 0.1) is 0 Å². The smallest absolute Gasteiger partial charge is 0.246 e. The third kappa shape index (κ3) is 2.74. The summed E-state index contributed by atoms with van der Waals surface area (Å²) in [6, 6.07) is 26.4. The first-order valence-electron chi connectivity index (χ1n) is 8.77. The summed E-state index contributed by atoms with van der Waals surface area (Å²) in [5.41, 5.74) is 5.17. The molecule has 1 aliphatic rings. The van der Waals surface area contributed by atoms with Crippen LogP contribution in [0.3, 0.4) is 0 Å². The largest absolute Gasteiger partial charge is 0.288 e. The molecule has 0 radical (unpaired) electrons. The van der Waals surface area contributed by atoms with Crippen molar-refractivity contribution in [3.05, 3.63) is 95.6 Å². The summed E-state index contributed by atoms with van der Waals surface area (Å²) in [4.78, 5) is 0. The average Bonchev–Trinajstić information content (AvgIpc) is 3.02. The summed E-state index contributed by atoms with van der Waals surface area (Å²) in [6.45, 7) is -1.16. The lowest BCUT2D eigenvalue weighted by Gasteiger charge is -2.33. The van der Waals surface area contributed by atoms with Gasteiger partial charge in [-0.25, -0.2) is 4.67 Å². The van der Waals surface area contributed by atoms with Crippen molar-refractivity contribution < 1.29 is 4.57 Å². The summed E-state index contributed by atoms with van der Waals surface area (Å²) >= 11 is 6.87. The standard InChI is InChI=1S/C22H21ClNOP/c1-16(17-10-4-3-5-11-17)24(2)26(23,25)22-20-14-8-6-12-18(20)19-13-7-9-15-21(19)22/h3-16,22H,1-2H3. The molecule has 0 heterocycles. The summed E-state index contributed by atoms with van der Waals surface area (Å²) in [6.07, 6.45) is 0. The van der Waals surface area contributed by atoms with Crippen LogP contribution in [0.5, 0.6) is 0 Å². The first-order valence-corrected chi connectivity index (χ1v) is 11.4. The maximum absolute atomic E-state index is 13.9. The minimum Gasteiger partial charge on any atom is -0.288 e. The molecule has 0 N–H and O–H groups in total. The third-order valence-electron chi connectivity index (χ3n) is 5.39. The van der Waals surface area contributed by atoms with Crippen LogP contribution in [0.15, 0.2) is 78.9 Å². The minimum absolute atomic E-state index is 0.0422. The van der Waals surface area contributed by atoms with Crippen molar-refractivity contribution in [1.29, 1.82) is 0 Å². The molecule has 0 bridgehead atoms. The Morgan fingerprint density at radius 3 is 1.85 bits per heavy atom. The third-order valence-corrected chi connectivity index (χ3v) is 9.09. The van der Waals surface area contributed by atoms with Gasteiger partial charge in [0.1, 0.15) is 0 Å². The van der Waals surface area contributed by atoms with Gasteiger partial charge in [-0.05, 0) is 53.0 Å². The number of hydrogen-bond acceptors (Lipinski definition) is 1. The van der Waals surface area contributed by atoms with Crippen LogP contribution in [0.2, 0.25) is 0 Å². The summed E-state index contributed by atoms with van der Waals surface area (Å²) in [7, 11) is 1.87. The van der Waals surface area contributed by atoms with Crippen LogP contribution in [-0.2, 0) is 4.57 Å². The van der Waals surface area contributed by atoms with Gasteiger partial charge in [0.15, 0.2) is 0 Å². The Hall–Kier alpha value is -1.86. The molecule has 2 atom stereocenters. The predicted octanol–water partition coefficient (Wildman–Crippen LogP) is 6.88. The quantitative estimate of drug-likeness (QED) is 0.459. The lowest BCUT2D eigenvalue weighted by atomic mass is 10.1. The SMILES string of the molecule is CC(c1ccccc1)N(C)P(=O)(Cl)C1c2ccccc2-c2ccccc21. The van der Waals surface area contributed by atoms with E-state index in [-0.39, 0.29) is 11.7 Å². The van der Waals surface area contributed by atoms with E-state index < -0.39 is 6.65 Å². The van der Waals surface area contributed by atoms with Crippen LogP contribution in [0.4, 0.5) is 0 Å². The highest BCUT2D eigenvalue weighted by molar-refractivity contribution is 7.87. The zero-order chi connectivity index (χ0) is 18.3. The number of halogens is 1. The molecule has 2 unspecified atom stereocenters. The predicted molar refractivity (Wildman–Crippen MR) is 110 cm³/mol. The lowest BCUT2D eigenvalue weighted by Crippen LogP contribution is -2.20. The van der Waals surface area contributed by atoms with Gasteiger partial charge in [-0.15, -0.1) is 0 Å². The van der Waals surface area contributed by atoms with E-state index in [1.807, 2.05) is 54.2 Å². The van der Waals surface area contributed by atoms with E-state index in [1.54, 1.807) is 0 Å². The van der Waals surface area contributed by atoms with E-state index in [9.17, 15) is 4.57 Å². The van der Waals surface area contributed by atoms with E-state index in [4.69, 9.17) is 11.2 Å². The second-order valence-electron chi connectivity index (χ2n) is 6.78. The molecule has 0 saturated carbocycles. The molecule has 0 spiro atoms. The van der Waals surface area contributed by atoms with Crippen molar-refractivity contribution in [3.8, 4) is 11.1 Å². The highest BCUT2D eigenvalue weighted by Crippen LogP contribution is 2.72. The maximum Gasteiger partial charge on any atom is 0.246 e.